The van der Waals surface area contributed by atoms with E-state index in [0.717, 1.165) is 6.07 Å². The van der Waals surface area contributed by atoms with Crippen molar-refractivity contribution < 1.29 is 13.5 Å². The number of ether oxygens (including phenoxy) is 1. The first-order valence-corrected chi connectivity index (χ1v) is 4.31. The Balaban J connectivity index is 2.92. The molecular formula is C10H13F2NO. The second kappa shape index (κ2) is 5.02. The first-order valence-electron chi connectivity index (χ1n) is 4.31. The van der Waals surface area contributed by atoms with Gasteiger partial charge in [-0.15, -0.1) is 0 Å². The fraction of sp³-hybridized carbons (Fsp3) is 0.400. The van der Waals surface area contributed by atoms with Gasteiger partial charge in [0.2, 0.25) is 0 Å². The topological polar surface area (TPSA) is 21.3 Å². The fourth-order valence-corrected chi connectivity index (χ4v) is 1.27. The van der Waals surface area contributed by atoms with Crippen LogP contribution in [0.2, 0.25) is 0 Å². The molecule has 1 aromatic carbocycles. The maximum atomic E-state index is 13.3. The van der Waals surface area contributed by atoms with Crippen molar-refractivity contribution in [3.8, 4) is 0 Å². The summed E-state index contributed by atoms with van der Waals surface area (Å²) >= 11 is 0. The Hall–Kier alpha value is -1.00. The summed E-state index contributed by atoms with van der Waals surface area (Å²) in [6.45, 7) is 0.485. The Bertz CT molecular complexity index is 304. The summed E-state index contributed by atoms with van der Waals surface area (Å²) in [6, 6.07) is 3.48. The maximum Gasteiger partial charge on any atom is 0.131 e. The first kappa shape index (κ1) is 11.1. The lowest BCUT2D eigenvalue weighted by molar-refractivity contribution is 0.101. The molecule has 0 fully saturated rings. The quantitative estimate of drug-likeness (QED) is 0.803. The standard InChI is InChI=1S/C10H13F2NO/c1-13-6-10(14-2)8-4-3-7(11)5-9(8)12/h3-5,10,13H,6H2,1-2H3. The van der Waals surface area contributed by atoms with Crippen LogP contribution in [-0.4, -0.2) is 20.7 Å². The van der Waals surface area contributed by atoms with Crippen molar-refractivity contribution in [1.29, 1.82) is 0 Å². The molecule has 0 radical (unpaired) electrons. The predicted molar refractivity (Wildman–Crippen MR) is 50.0 cm³/mol. The van der Waals surface area contributed by atoms with Gasteiger partial charge in [0, 0.05) is 25.3 Å². The SMILES string of the molecule is CNCC(OC)c1ccc(F)cc1F. The van der Waals surface area contributed by atoms with Crippen molar-refractivity contribution in [2.75, 3.05) is 20.7 Å². The van der Waals surface area contributed by atoms with Crippen molar-refractivity contribution in [3.05, 3.63) is 35.4 Å². The average molecular weight is 201 g/mol. The monoisotopic (exact) mass is 201 g/mol. The number of likely N-dealkylation sites (N-methyl/N-ethyl adjacent to an activating group) is 1. The number of methoxy groups -OCH3 is 1. The van der Waals surface area contributed by atoms with Crippen LogP contribution in [0.4, 0.5) is 8.78 Å². The summed E-state index contributed by atoms with van der Waals surface area (Å²) < 4.78 is 30.9. The summed E-state index contributed by atoms with van der Waals surface area (Å²) in [7, 11) is 3.23. The van der Waals surface area contributed by atoms with Crippen molar-refractivity contribution in [3.63, 3.8) is 0 Å². The molecule has 0 heterocycles. The lowest BCUT2D eigenvalue weighted by Gasteiger charge is -2.15. The minimum atomic E-state index is -0.578. The summed E-state index contributed by atoms with van der Waals surface area (Å²) in [4.78, 5) is 0. The minimum absolute atomic E-state index is 0.364. The molecule has 0 aromatic heterocycles. The molecule has 2 nitrogen and oxygen atoms in total. The van der Waals surface area contributed by atoms with E-state index >= 15 is 0 Å². The zero-order chi connectivity index (χ0) is 10.6. The van der Waals surface area contributed by atoms with E-state index in [1.165, 1.54) is 19.2 Å². The van der Waals surface area contributed by atoms with Crippen LogP contribution in [0.5, 0.6) is 0 Å². The smallest absolute Gasteiger partial charge is 0.131 e. The van der Waals surface area contributed by atoms with E-state index in [1.807, 2.05) is 0 Å². The van der Waals surface area contributed by atoms with Crippen LogP contribution in [0.3, 0.4) is 0 Å². The summed E-state index contributed by atoms with van der Waals surface area (Å²) in [5, 5.41) is 2.87. The molecule has 0 aliphatic rings. The molecule has 1 rings (SSSR count). The van der Waals surface area contributed by atoms with Gasteiger partial charge >= 0.3 is 0 Å². The van der Waals surface area contributed by atoms with E-state index in [0.29, 0.717) is 12.1 Å². The molecule has 0 saturated heterocycles. The van der Waals surface area contributed by atoms with Gasteiger partial charge in [-0.3, -0.25) is 0 Å². The lowest BCUT2D eigenvalue weighted by atomic mass is 10.1. The fourth-order valence-electron chi connectivity index (χ4n) is 1.27. The highest BCUT2D eigenvalue weighted by molar-refractivity contribution is 5.21. The number of benzene rings is 1. The Labute approximate surface area is 81.9 Å². The molecule has 1 atom stereocenters. The van der Waals surface area contributed by atoms with E-state index in [-0.39, 0.29) is 6.10 Å². The molecule has 14 heavy (non-hydrogen) atoms. The van der Waals surface area contributed by atoms with E-state index in [2.05, 4.69) is 5.32 Å². The lowest BCUT2D eigenvalue weighted by Crippen LogP contribution is -2.19. The Morgan fingerprint density at radius 1 is 1.43 bits per heavy atom. The van der Waals surface area contributed by atoms with Gasteiger partial charge in [-0.2, -0.15) is 0 Å². The van der Waals surface area contributed by atoms with E-state index in [1.54, 1.807) is 7.05 Å². The molecule has 0 aliphatic heterocycles. The van der Waals surface area contributed by atoms with Crippen LogP contribution in [0.25, 0.3) is 0 Å². The number of hydrogen-bond acceptors (Lipinski definition) is 2. The van der Waals surface area contributed by atoms with E-state index in [9.17, 15) is 8.78 Å². The Kier molecular flexibility index (Phi) is 3.98. The zero-order valence-corrected chi connectivity index (χ0v) is 8.18. The van der Waals surface area contributed by atoms with Crippen LogP contribution in [-0.2, 0) is 4.74 Å². The zero-order valence-electron chi connectivity index (χ0n) is 8.18. The van der Waals surface area contributed by atoms with Crippen LogP contribution < -0.4 is 5.32 Å². The van der Waals surface area contributed by atoms with Gasteiger partial charge in [0.25, 0.3) is 0 Å². The normalized spacial score (nSPS) is 12.9. The number of nitrogens with one attached hydrogen (secondary N) is 1. The van der Waals surface area contributed by atoms with Gasteiger partial charge in [0.05, 0.1) is 6.10 Å². The summed E-state index contributed by atoms with van der Waals surface area (Å²) in [6.07, 6.45) is -0.388. The van der Waals surface area contributed by atoms with Crippen LogP contribution in [0, 0.1) is 11.6 Å². The van der Waals surface area contributed by atoms with Gasteiger partial charge in [-0.1, -0.05) is 6.07 Å². The molecule has 4 heteroatoms. The van der Waals surface area contributed by atoms with Gasteiger partial charge in [0.15, 0.2) is 0 Å². The van der Waals surface area contributed by atoms with Gasteiger partial charge in [-0.25, -0.2) is 8.78 Å². The third kappa shape index (κ3) is 2.49. The highest BCUT2D eigenvalue weighted by Crippen LogP contribution is 2.19. The molecule has 0 aliphatic carbocycles. The van der Waals surface area contributed by atoms with Gasteiger partial charge < -0.3 is 10.1 Å². The highest BCUT2D eigenvalue weighted by Gasteiger charge is 2.14. The second-order valence-corrected chi connectivity index (χ2v) is 2.95. The Morgan fingerprint density at radius 2 is 2.14 bits per heavy atom. The molecule has 0 saturated carbocycles. The van der Waals surface area contributed by atoms with Crippen molar-refractivity contribution in [1.82, 2.24) is 5.32 Å². The van der Waals surface area contributed by atoms with Crippen molar-refractivity contribution in [2.24, 2.45) is 0 Å². The van der Waals surface area contributed by atoms with Gasteiger partial charge in [-0.05, 0) is 13.1 Å². The molecule has 0 bridgehead atoms. The van der Waals surface area contributed by atoms with Crippen LogP contribution in [0.1, 0.15) is 11.7 Å². The molecule has 78 valence electrons. The largest absolute Gasteiger partial charge is 0.375 e. The molecule has 1 aromatic rings. The van der Waals surface area contributed by atoms with E-state index < -0.39 is 11.6 Å². The number of hydrogen-bond donors (Lipinski definition) is 1. The molecule has 0 spiro atoms. The molecule has 0 amide bonds. The summed E-state index contributed by atoms with van der Waals surface area (Å²) in [5.74, 6) is -1.15. The third-order valence-corrected chi connectivity index (χ3v) is 1.98. The number of halogens is 2. The highest BCUT2D eigenvalue weighted by atomic mass is 19.1. The average Bonchev–Trinajstić information content (AvgIpc) is 2.15. The second-order valence-electron chi connectivity index (χ2n) is 2.95. The predicted octanol–water partition coefficient (Wildman–Crippen LogP) is 1.87. The molecular weight excluding hydrogens is 188 g/mol. The van der Waals surface area contributed by atoms with Crippen LogP contribution >= 0.6 is 0 Å². The van der Waals surface area contributed by atoms with Crippen molar-refractivity contribution in [2.45, 2.75) is 6.10 Å². The van der Waals surface area contributed by atoms with Crippen LogP contribution in [0.15, 0.2) is 18.2 Å². The molecule has 1 unspecified atom stereocenters. The maximum absolute atomic E-state index is 13.3. The first-order chi connectivity index (χ1) is 6.69. The van der Waals surface area contributed by atoms with Gasteiger partial charge in [0.1, 0.15) is 11.6 Å². The Morgan fingerprint density at radius 3 is 2.64 bits per heavy atom. The molecule has 1 N–H and O–H groups in total. The van der Waals surface area contributed by atoms with Crippen molar-refractivity contribution >= 4 is 0 Å². The minimum Gasteiger partial charge on any atom is -0.375 e. The number of rotatable bonds is 4. The third-order valence-electron chi connectivity index (χ3n) is 1.98. The van der Waals surface area contributed by atoms with E-state index in [4.69, 9.17) is 4.74 Å². The summed E-state index contributed by atoms with van der Waals surface area (Å²) in [5.41, 5.74) is 0.364.